The Morgan fingerprint density at radius 1 is 1.21 bits per heavy atom. The molecule has 0 atom stereocenters. The fourth-order valence-corrected chi connectivity index (χ4v) is 1.48. The molecule has 0 aliphatic heterocycles. The van der Waals surface area contributed by atoms with Crippen molar-refractivity contribution in [2.24, 2.45) is 0 Å². The van der Waals surface area contributed by atoms with E-state index in [1.165, 1.54) is 6.07 Å². The molecule has 0 spiro atoms. The summed E-state index contributed by atoms with van der Waals surface area (Å²) < 4.78 is 5.42. The van der Waals surface area contributed by atoms with Gasteiger partial charge in [0.2, 0.25) is 5.95 Å². The van der Waals surface area contributed by atoms with Crippen molar-refractivity contribution in [3.05, 3.63) is 48.3 Å². The second kappa shape index (κ2) is 6.34. The second-order valence-corrected chi connectivity index (χ2v) is 3.65. The van der Waals surface area contributed by atoms with Crippen LogP contribution in [0.25, 0.3) is 0 Å². The van der Waals surface area contributed by atoms with Crippen LogP contribution in [0.5, 0.6) is 5.75 Å². The van der Waals surface area contributed by atoms with Crippen molar-refractivity contribution < 1.29 is 14.6 Å². The molecule has 2 N–H and O–H groups in total. The van der Waals surface area contributed by atoms with Crippen LogP contribution in [0.1, 0.15) is 10.4 Å². The van der Waals surface area contributed by atoms with Gasteiger partial charge in [-0.25, -0.2) is 14.8 Å². The van der Waals surface area contributed by atoms with Crippen molar-refractivity contribution in [3.63, 3.8) is 0 Å². The summed E-state index contributed by atoms with van der Waals surface area (Å²) in [6.07, 6.45) is 3.27. The van der Waals surface area contributed by atoms with Gasteiger partial charge in [-0.1, -0.05) is 12.1 Å². The van der Waals surface area contributed by atoms with E-state index in [2.05, 4.69) is 15.3 Å². The highest BCUT2D eigenvalue weighted by molar-refractivity contribution is 5.90. The fourth-order valence-electron chi connectivity index (χ4n) is 1.48. The van der Waals surface area contributed by atoms with Gasteiger partial charge in [0, 0.05) is 12.4 Å². The van der Waals surface area contributed by atoms with E-state index in [1.807, 2.05) is 0 Å². The monoisotopic (exact) mass is 259 g/mol. The first-order valence-electron chi connectivity index (χ1n) is 5.73. The summed E-state index contributed by atoms with van der Waals surface area (Å²) >= 11 is 0. The summed E-state index contributed by atoms with van der Waals surface area (Å²) in [6.45, 7) is 0.806. The van der Waals surface area contributed by atoms with Gasteiger partial charge in [-0.05, 0) is 18.2 Å². The molecule has 0 fully saturated rings. The van der Waals surface area contributed by atoms with Gasteiger partial charge < -0.3 is 15.2 Å². The number of hydrogen-bond acceptors (Lipinski definition) is 5. The number of carboxylic acid groups (broad SMARTS) is 1. The molecule has 0 saturated heterocycles. The van der Waals surface area contributed by atoms with Gasteiger partial charge in [-0.2, -0.15) is 0 Å². The maximum Gasteiger partial charge on any atom is 0.339 e. The molecule has 0 aliphatic rings. The van der Waals surface area contributed by atoms with Crippen molar-refractivity contribution in [3.8, 4) is 5.75 Å². The van der Waals surface area contributed by atoms with E-state index in [1.54, 1.807) is 36.7 Å². The molecule has 1 aromatic heterocycles. The maximum absolute atomic E-state index is 11.0. The van der Waals surface area contributed by atoms with Gasteiger partial charge in [0.15, 0.2) is 0 Å². The van der Waals surface area contributed by atoms with E-state index in [-0.39, 0.29) is 5.56 Å². The van der Waals surface area contributed by atoms with Crippen LogP contribution in [0.15, 0.2) is 42.7 Å². The third-order valence-electron chi connectivity index (χ3n) is 2.33. The number of hydrogen-bond donors (Lipinski definition) is 2. The van der Waals surface area contributed by atoms with E-state index >= 15 is 0 Å². The quantitative estimate of drug-likeness (QED) is 0.767. The summed E-state index contributed by atoms with van der Waals surface area (Å²) in [5.74, 6) is -0.140. The number of carbonyl (C=O) groups is 1. The largest absolute Gasteiger partial charge is 0.491 e. The lowest BCUT2D eigenvalue weighted by Gasteiger charge is -2.09. The van der Waals surface area contributed by atoms with Crippen molar-refractivity contribution in [1.29, 1.82) is 0 Å². The van der Waals surface area contributed by atoms with Crippen molar-refractivity contribution in [2.75, 3.05) is 18.5 Å². The second-order valence-electron chi connectivity index (χ2n) is 3.65. The van der Waals surface area contributed by atoms with Crippen LogP contribution in [0.3, 0.4) is 0 Å². The molecule has 0 amide bonds. The average Bonchev–Trinajstić information content (AvgIpc) is 2.45. The van der Waals surface area contributed by atoms with E-state index < -0.39 is 5.97 Å². The third-order valence-corrected chi connectivity index (χ3v) is 2.33. The summed E-state index contributed by atoms with van der Waals surface area (Å²) in [5, 5.41) is 12.0. The number of rotatable bonds is 6. The van der Waals surface area contributed by atoms with Crippen LogP contribution in [0.4, 0.5) is 5.95 Å². The lowest BCUT2D eigenvalue weighted by Crippen LogP contribution is -2.14. The first-order chi connectivity index (χ1) is 9.27. The lowest BCUT2D eigenvalue weighted by molar-refractivity contribution is 0.0692. The molecule has 0 radical (unpaired) electrons. The Bertz CT molecular complexity index is 546. The highest BCUT2D eigenvalue weighted by Crippen LogP contribution is 2.17. The molecule has 98 valence electrons. The molecule has 0 saturated carbocycles. The molecule has 0 unspecified atom stereocenters. The van der Waals surface area contributed by atoms with Gasteiger partial charge in [-0.15, -0.1) is 0 Å². The Morgan fingerprint density at radius 3 is 2.68 bits per heavy atom. The van der Waals surface area contributed by atoms with Crippen LogP contribution < -0.4 is 10.1 Å². The van der Waals surface area contributed by atoms with Crippen LogP contribution in [-0.2, 0) is 0 Å². The molecule has 1 aromatic carbocycles. The van der Waals surface area contributed by atoms with Crippen LogP contribution in [0, 0.1) is 0 Å². The third kappa shape index (κ3) is 3.67. The van der Waals surface area contributed by atoms with E-state index in [4.69, 9.17) is 9.84 Å². The molecule has 0 bridgehead atoms. The van der Waals surface area contributed by atoms with Crippen LogP contribution in [-0.4, -0.2) is 34.2 Å². The van der Waals surface area contributed by atoms with Crippen molar-refractivity contribution >= 4 is 11.9 Å². The van der Waals surface area contributed by atoms with E-state index in [0.29, 0.717) is 24.8 Å². The van der Waals surface area contributed by atoms with Gasteiger partial charge in [0.25, 0.3) is 0 Å². The Kier molecular flexibility index (Phi) is 4.28. The molecular weight excluding hydrogens is 246 g/mol. The number of aromatic carboxylic acids is 1. The number of aromatic nitrogens is 2. The summed E-state index contributed by atoms with van der Waals surface area (Å²) in [4.78, 5) is 19.0. The summed E-state index contributed by atoms with van der Waals surface area (Å²) in [7, 11) is 0. The number of anilines is 1. The highest BCUT2D eigenvalue weighted by Gasteiger charge is 2.09. The highest BCUT2D eigenvalue weighted by atomic mass is 16.5. The maximum atomic E-state index is 11.0. The number of para-hydroxylation sites is 1. The molecular formula is C13H13N3O3. The molecule has 0 aliphatic carbocycles. The van der Waals surface area contributed by atoms with E-state index in [0.717, 1.165) is 0 Å². The lowest BCUT2D eigenvalue weighted by atomic mass is 10.2. The Morgan fingerprint density at radius 2 is 1.95 bits per heavy atom. The predicted molar refractivity (Wildman–Crippen MR) is 69.4 cm³/mol. The smallest absolute Gasteiger partial charge is 0.339 e. The number of nitrogens with zero attached hydrogens (tertiary/aromatic N) is 2. The molecule has 1 heterocycles. The molecule has 6 heteroatoms. The fraction of sp³-hybridized carbons (Fsp3) is 0.154. The standard InChI is InChI=1S/C13H13N3O3/c17-12(18)10-4-1-2-5-11(10)19-9-8-16-13-14-6-3-7-15-13/h1-7H,8-9H2,(H,17,18)(H,14,15,16). The number of nitrogens with one attached hydrogen (secondary N) is 1. The minimum absolute atomic E-state index is 0.151. The molecule has 6 nitrogen and oxygen atoms in total. The van der Waals surface area contributed by atoms with Crippen LogP contribution >= 0.6 is 0 Å². The number of benzene rings is 1. The summed E-state index contributed by atoms with van der Waals surface area (Å²) in [6, 6.07) is 8.25. The molecule has 19 heavy (non-hydrogen) atoms. The Hall–Kier alpha value is -2.63. The Balaban J connectivity index is 1.85. The van der Waals surface area contributed by atoms with Crippen LogP contribution in [0.2, 0.25) is 0 Å². The molecule has 2 rings (SSSR count). The Labute approximate surface area is 110 Å². The topological polar surface area (TPSA) is 84.3 Å². The first-order valence-corrected chi connectivity index (χ1v) is 5.73. The zero-order chi connectivity index (χ0) is 13.5. The predicted octanol–water partition coefficient (Wildman–Crippen LogP) is 1.67. The van der Waals surface area contributed by atoms with Crippen molar-refractivity contribution in [1.82, 2.24) is 9.97 Å². The zero-order valence-corrected chi connectivity index (χ0v) is 10.1. The minimum atomic E-state index is -1.00. The molecule has 2 aromatic rings. The normalized spacial score (nSPS) is 9.89. The van der Waals surface area contributed by atoms with Gasteiger partial charge in [0.05, 0.1) is 6.54 Å². The van der Waals surface area contributed by atoms with Gasteiger partial charge in [-0.3, -0.25) is 0 Å². The number of ether oxygens (including phenoxy) is 1. The summed E-state index contributed by atoms with van der Waals surface area (Å²) in [5.41, 5.74) is 0.151. The minimum Gasteiger partial charge on any atom is -0.491 e. The SMILES string of the molecule is O=C(O)c1ccccc1OCCNc1ncccn1. The van der Waals surface area contributed by atoms with E-state index in [9.17, 15) is 4.79 Å². The average molecular weight is 259 g/mol. The number of carboxylic acids is 1. The first kappa shape index (κ1) is 12.8. The van der Waals surface area contributed by atoms with Crippen molar-refractivity contribution in [2.45, 2.75) is 0 Å². The zero-order valence-electron chi connectivity index (χ0n) is 10.1. The van der Waals surface area contributed by atoms with Gasteiger partial charge in [0.1, 0.15) is 17.9 Å². The van der Waals surface area contributed by atoms with Gasteiger partial charge >= 0.3 is 5.97 Å².